The molecule has 2 unspecified atom stereocenters. The number of fused-ring (bicyclic) bond motifs is 1. The van der Waals surface area contributed by atoms with Crippen molar-refractivity contribution in [1.82, 2.24) is 15.2 Å². The van der Waals surface area contributed by atoms with Crippen molar-refractivity contribution < 1.29 is 9.59 Å². The van der Waals surface area contributed by atoms with Crippen LogP contribution in [-0.2, 0) is 4.79 Å². The number of nitrogens with one attached hydrogen (secondary N) is 2. The molecule has 2 fully saturated rings. The van der Waals surface area contributed by atoms with Gasteiger partial charge in [-0.25, -0.2) is 14.6 Å². The molecule has 4 rings (SSSR count). The molecule has 2 aromatic rings. The summed E-state index contributed by atoms with van der Waals surface area (Å²) in [5.41, 5.74) is 5.18. The Bertz CT molecular complexity index is 1070. The first-order valence-corrected chi connectivity index (χ1v) is 12.3. The highest BCUT2D eigenvalue weighted by atomic mass is 16.2. The number of nitrogens with zero attached hydrogens (tertiary/aromatic N) is 2. The Morgan fingerprint density at radius 3 is 2.64 bits per heavy atom. The summed E-state index contributed by atoms with van der Waals surface area (Å²) in [5.74, 6) is 0.459. The van der Waals surface area contributed by atoms with Gasteiger partial charge in [-0.15, -0.1) is 0 Å². The zero-order valence-corrected chi connectivity index (χ0v) is 20.8. The third-order valence-corrected chi connectivity index (χ3v) is 7.77. The van der Waals surface area contributed by atoms with Crippen LogP contribution in [0.5, 0.6) is 0 Å². The second-order valence-electron chi connectivity index (χ2n) is 11.6. The van der Waals surface area contributed by atoms with Crippen molar-refractivity contribution >= 4 is 23.0 Å². The summed E-state index contributed by atoms with van der Waals surface area (Å²) >= 11 is 0. The molecule has 2 amide bonds. The van der Waals surface area contributed by atoms with E-state index >= 15 is 0 Å². The van der Waals surface area contributed by atoms with Gasteiger partial charge in [0.2, 0.25) is 6.08 Å². The lowest BCUT2D eigenvalue weighted by Crippen LogP contribution is -2.49. The Morgan fingerprint density at radius 1 is 1.21 bits per heavy atom. The monoisotopic (exact) mass is 450 g/mol. The van der Waals surface area contributed by atoms with Crippen LogP contribution in [0.2, 0.25) is 0 Å². The molecule has 178 valence electrons. The summed E-state index contributed by atoms with van der Waals surface area (Å²) < 4.78 is 0. The predicted molar refractivity (Wildman–Crippen MR) is 132 cm³/mol. The van der Waals surface area contributed by atoms with Gasteiger partial charge in [-0.05, 0) is 74.5 Å². The molecule has 2 atom stereocenters. The second kappa shape index (κ2) is 8.98. The van der Waals surface area contributed by atoms with Crippen molar-refractivity contribution in [2.24, 2.45) is 15.8 Å². The van der Waals surface area contributed by atoms with Gasteiger partial charge in [0, 0.05) is 42.1 Å². The fourth-order valence-corrected chi connectivity index (χ4v) is 6.52. The minimum atomic E-state index is -0.0691. The normalized spacial score (nSPS) is 25.6. The van der Waals surface area contributed by atoms with E-state index in [9.17, 15) is 9.59 Å². The van der Waals surface area contributed by atoms with Crippen molar-refractivity contribution in [3.63, 3.8) is 0 Å². The van der Waals surface area contributed by atoms with Gasteiger partial charge in [0.1, 0.15) is 0 Å². The molecule has 1 saturated carbocycles. The number of rotatable bonds is 4. The number of isocyanates is 1. The molecule has 1 aromatic heterocycles. The maximum atomic E-state index is 13.0. The third kappa shape index (κ3) is 5.16. The molecule has 33 heavy (non-hydrogen) atoms. The first-order valence-electron chi connectivity index (χ1n) is 12.3. The molecule has 2 N–H and O–H groups in total. The Balaban J connectivity index is 1.34. The van der Waals surface area contributed by atoms with E-state index < -0.39 is 0 Å². The van der Waals surface area contributed by atoms with Crippen LogP contribution in [0.15, 0.2) is 23.2 Å². The largest absolute Gasteiger partial charge is 0.358 e. The highest BCUT2D eigenvalue weighted by Crippen LogP contribution is 2.46. The van der Waals surface area contributed by atoms with Gasteiger partial charge in [0.05, 0.1) is 6.04 Å². The van der Waals surface area contributed by atoms with Gasteiger partial charge in [-0.1, -0.05) is 32.4 Å². The fraction of sp³-hybridized carbons (Fsp3) is 0.630. The number of carbonyl (C=O) groups is 1. The molecule has 1 saturated heterocycles. The van der Waals surface area contributed by atoms with Crippen LogP contribution in [0.3, 0.4) is 0 Å². The summed E-state index contributed by atoms with van der Waals surface area (Å²) in [5, 5.41) is 4.51. The number of amides is 2. The van der Waals surface area contributed by atoms with Crippen LogP contribution in [0, 0.1) is 24.7 Å². The number of hydrogen-bond acceptors (Lipinski definition) is 3. The van der Waals surface area contributed by atoms with Crippen molar-refractivity contribution in [3.05, 3.63) is 35.0 Å². The standard InChI is InChI=1S/C27H38N4O2/c1-18-6-7-23-22(12-18)19(2)24(30-23)20-8-10-31(11-9-20)25(33)28-16-27(5)14-21(29-17-32)13-26(3,4)15-27/h6-7,12,20-21,30H,8-11,13-16H2,1-5H3,(H,28,33). The van der Waals surface area contributed by atoms with Crippen LogP contribution in [0.4, 0.5) is 4.79 Å². The molecule has 6 heteroatoms. The number of aromatic nitrogens is 1. The number of aromatic amines is 1. The minimum absolute atomic E-state index is 0.00719. The van der Waals surface area contributed by atoms with E-state index in [-0.39, 0.29) is 22.9 Å². The molecule has 0 bridgehead atoms. The number of urea groups is 1. The topological polar surface area (TPSA) is 77.6 Å². The Morgan fingerprint density at radius 2 is 1.94 bits per heavy atom. The number of likely N-dealkylation sites (tertiary alicyclic amines) is 1. The van der Waals surface area contributed by atoms with Crippen molar-refractivity contribution in [2.45, 2.75) is 78.7 Å². The average Bonchev–Trinajstić information content (AvgIpc) is 3.07. The molecule has 2 aliphatic rings. The fourth-order valence-electron chi connectivity index (χ4n) is 6.52. The van der Waals surface area contributed by atoms with Crippen molar-refractivity contribution in [2.75, 3.05) is 19.6 Å². The lowest BCUT2D eigenvalue weighted by atomic mass is 9.63. The Labute approximate surface area is 197 Å². The SMILES string of the molecule is Cc1ccc2[nH]c(C3CCN(C(=O)NCC4(C)CC(N=C=O)CC(C)(C)C4)CC3)c(C)c2c1. The van der Waals surface area contributed by atoms with Gasteiger partial charge >= 0.3 is 6.03 Å². The van der Waals surface area contributed by atoms with Gasteiger partial charge in [-0.3, -0.25) is 0 Å². The zero-order valence-electron chi connectivity index (χ0n) is 20.8. The van der Waals surface area contributed by atoms with E-state index in [1.807, 2.05) is 4.90 Å². The number of aliphatic imine (C=N–C) groups is 1. The van der Waals surface area contributed by atoms with E-state index in [1.165, 1.54) is 27.7 Å². The maximum absolute atomic E-state index is 13.0. The number of H-pyrrole nitrogens is 1. The lowest BCUT2D eigenvalue weighted by Gasteiger charge is -2.45. The van der Waals surface area contributed by atoms with Crippen LogP contribution < -0.4 is 5.32 Å². The van der Waals surface area contributed by atoms with Crippen LogP contribution >= 0.6 is 0 Å². The van der Waals surface area contributed by atoms with Gasteiger partial charge in [-0.2, -0.15) is 0 Å². The highest BCUT2D eigenvalue weighted by Gasteiger charge is 2.41. The number of piperidine rings is 1. The number of carbonyl (C=O) groups excluding carboxylic acids is 2. The van der Waals surface area contributed by atoms with Gasteiger partial charge < -0.3 is 15.2 Å². The number of benzene rings is 1. The van der Waals surface area contributed by atoms with Crippen LogP contribution in [0.25, 0.3) is 10.9 Å². The first kappa shape index (κ1) is 23.6. The summed E-state index contributed by atoms with van der Waals surface area (Å²) in [6, 6.07) is 6.59. The summed E-state index contributed by atoms with van der Waals surface area (Å²) in [6.07, 6.45) is 6.40. The van der Waals surface area contributed by atoms with Gasteiger partial charge in [0.15, 0.2) is 0 Å². The minimum Gasteiger partial charge on any atom is -0.358 e. The summed E-state index contributed by atoms with van der Waals surface area (Å²) in [7, 11) is 0. The Hall–Kier alpha value is -2.59. The first-order chi connectivity index (χ1) is 15.6. The third-order valence-electron chi connectivity index (χ3n) is 7.77. The second-order valence-corrected chi connectivity index (χ2v) is 11.6. The summed E-state index contributed by atoms with van der Waals surface area (Å²) in [4.78, 5) is 33.4. The smallest absolute Gasteiger partial charge is 0.317 e. The van der Waals surface area contributed by atoms with E-state index in [1.54, 1.807) is 6.08 Å². The van der Waals surface area contributed by atoms with Gasteiger partial charge in [0.25, 0.3) is 0 Å². The molecule has 1 aliphatic heterocycles. The summed E-state index contributed by atoms with van der Waals surface area (Å²) in [6.45, 7) is 13.1. The van der Waals surface area contributed by atoms with Crippen LogP contribution in [0.1, 0.15) is 75.6 Å². The Kier molecular flexibility index (Phi) is 6.41. The van der Waals surface area contributed by atoms with E-state index in [0.717, 1.165) is 45.2 Å². The molecule has 2 heterocycles. The molecule has 1 aromatic carbocycles. The van der Waals surface area contributed by atoms with E-state index in [0.29, 0.717) is 12.5 Å². The quantitative estimate of drug-likeness (QED) is 0.470. The van der Waals surface area contributed by atoms with Crippen molar-refractivity contribution in [1.29, 1.82) is 0 Å². The number of aryl methyl sites for hydroxylation is 2. The zero-order chi connectivity index (χ0) is 23.8. The van der Waals surface area contributed by atoms with Crippen LogP contribution in [-0.4, -0.2) is 47.7 Å². The molecule has 1 aliphatic carbocycles. The highest BCUT2D eigenvalue weighted by molar-refractivity contribution is 5.85. The maximum Gasteiger partial charge on any atom is 0.317 e. The molecule has 0 spiro atoms. The van der Waals surface area contributed by atoms with E-state index in [2.05, 4.69) is 68.1 Å². The molecular weight excluding hydrogens is 412 g/mol. The number of hydrogen-bond donors (Lipinski definition) is 2. The molecular formula is C27H38N4O2. The molecule has 0 radical (unpaired) electrons. The average molecular weight is 451 g/mol. The van der Waals surface area contributed by atoms with Crippen molar-refractivity contribution in [3.8, 4) is 0 Å². The lowest BCUT2D eigenvalue weighted by molar-refractivity contribution is 0.0825. The predicted octanol–water partition coefficient (Wildman–Crippen LogP) is 5.59. The molecule has 6 nitrogen and oxygen atoms in total. The van der Waals surface area contributed by atoms with E-state index in [4.69, 9.17) is 0 Å².